The summed E-state index contributed by atoms with van der Waals surface area (Å²) in [5.74, 6) is 2.27. The minimum absolute atomic E-state index is 0.0271. The van der Waals surface area contributed by atoms with E-state index in [-0.39, 0.29) is 11.6 Å². The fraction of sp³-hybridized carbons (Fsp3) is 0.250. The van der Waals surface area contributed by atoms with Gasteiger partial charge in [-0.3, -0.25) is 19.2 Å². The first-order valence-corrected chi connectivity index (χ1v) is 6.87. The van der Waals surface area contributed by atoms with Crippen molar-refractivity contribution in [1.29, 1.82) is 0 Å². The number of aromatic amines is 1. The van der Waals surface area contributed by atoms with Crippen LogP contribution in [0, 0.1) is 12.3 Å². The Kier molecular flexibility index (Phi) is 3.67. The van der Waals surface area contributed by atoms with Gasteiger partial charge in [0.2, 0.25) is 0 Å². The summed E-state index contributed by atoms with van der Waals surface area (Å²) < 4.78 is 1.33. The average molecular weight is 297 g/mol. The van der Waals surface area contributed by atoms with Gasteiger partial charge in [0.25, 0.3) is 5.56 Å². The molecule has 1 aromatic heterocycles. The molecule has 0 amide bonds. The Morgan fingerprint density at radius 1 is 1.32 bits per heavy atom. The molecule has 112 valence electrons. The van der Waals surface area contributed by atoms with E-state index in [4.69, 9.17) is 11.3 Å². The Morgan fingerprint density at radius 2 is 2.05 bits per heavy atom. The smallest absolute Gasteiger partial charge is 0.273 e. The number of benzene rings is 1. The van der Waals surface area contributed by atoms with E-state index in [2.05, 4.69) is 10.9 Å². The predicted molar refractivity (Wildman–Crippen MR) is 80.9 cm³/mol. The maximum Gasteiger partial charge on any atom is 0.330 e. The second-order valence-corrected chi connectivity index (χ2v) is 5.12. The van der Waals surface area contributed by atoms with E-state index in [1.54, 1.807) is 5.06 Å². The standard InChI is InChI=1S/C16H15N3O3/c1-3-11-10-19(16(21)17-15(11)20)14-9-13(18(2)22-14)12-7-5-4-6-8-12/h1,4-8,10,13-14H,9H2,2H3,(H,17,20,21). The molecule has 0 spiro atoms. The van der Waals surface area contributed by atoms with Crippen molar-refractivity contribution in [2.24, 2.45) is 0 Å². The van der Waals surface area contributed by atoms with Gasteiger partial charge in [0.15, 0.2) is 6.23 Å². The summed E-state index contributed by atoms with van der Waals surface area (Å²) in [4.78, 5) is 31.5. The molecule has 2 unspecified atom stereocenters. The summed E-state index contributed by atoms with van der Waals surface area (Å²) in [5.41, 5.74) is 0.113. The number of H-pyrrole nitrogens is 1. The quantitative estimate of drug-likeness (QED) is 0.841. The van der Waals surface area contributed by atoms with Gasteiger partial charge in [-0.25, -0.2) is 4.79 Å². The Labute approximate surface area is 126 Å². The molecule has 1 fully saturated rings. The Balaban J connectivity index is 1.94. The second-order valence-electron chi connectivity index (χ2n) is 5.12. The van der Waals surface area contributed by atoms with Crippen LogP contribution in [-0.2, 0) is 4.84 Å². The van der Waals surface area contributed by atoms with Crippen LogP contribution in [0.1, 0.15) is 29.8 Å². The lowest BCUT2D eigenvalue weighted by Gasteiger charge is -2.17. The molecule has 6 nitrogen and oxygen atoms in total. The van der Waals surface area contributed by atoms with Crippen LogP contribution in [-0.4, -0.2) is 21.7 Å². The van der Waals surface area contributed by atoms with Crippen LogP contribution >= 0.6 is 0 Å². The van der Waals surface area contributed by atoms with E-state index < -0.39 is 17.5 Å². The van der Waals surface area contributed by atoms with Gasteiger partial charge in [-0.15, -0.1) is 6.42 Å². The fourth-order valence-electron chi connectivity index (χ4n) is 2.64. The molecule has 1 aromatic carbocycles. The molecule has 22 heavy (non-hydrogen) atoms. The highest BCUT2D eigenvalue weighted by Crippen LogP contribution is 2.36. The fourth-order valence-corrected chi connectivity index (χ4v) is 2.64. The highest BCUT2D eigenvalue weighted by Gasteiger charge is 2.33. The zero-order valence-corrected chi connectivity index (χ0v) is 12.0. The van der Waals surface area contributed by atoms with Gasteiger partial charge in [-0.1, -0.05) is 36.3 Å². The Bertz CT molecular complexity index is 832. The van der Waals surface area contributed by atoms with Gasteiger partial charge in [0.1, 0.15) is 5.56 Å². The summed E-state index contributed by atoms with van der Waals surface area (Å²) in [5, 5.41) is 1.72. The lowest BCUT2D eigenvalue weighted by molar-refractivity contribution is -0.167. The van der Waals surface area contributed by atoms with E-state index in [0.717, 1.165) is 5.56 Å². The van der Waals surface area contributed by atoms with Gasteiger partial charge in [-0.05, 0) is 5.56 Å². The van der Waals surface area contributed by atoms with Gasteiger partial charge in [0, 0.05) is 19.7 Å². The third-order valence-corrected chi connectivity index (χ3v) is 3.77. The number of aromatic nitrogens is 2. The van der Waals surface area contributed by atoms with Gasteiger partial charge < -0.3 is 0 Å². The van der Waals surface area contributed by atoms with E-state index in [9.17, 15) is 9.59 Å². The first kappa shape index (κ1) is 14.3. The molecule has 2 heterocycles. The highest BCUT2D eigenvalue weighted by atomic mass is 16.7. The molecule has 0 aliphatic carbocycles. The predicted octanol–water partition coefficient (Wildman–Crippen LogP) is 1.02. The molecule has 1 saturated heterocycles. The van der Waals surface area contributed by atoms with Crippen molar-refractivity contribution in [3.63, 3.8) is 0 Å². The van der Waals surface area contributed by atoms with Crippen LogP contribution in [0.15, 0.2) is 46.1 Å². The first-order chi connectivity index (χ1) is 10.6. The maximum atomic E-state index is 12.0. The minimum atomic E-state index is -0.560. The number of hydrogen-bond donors (Lipinski definition) is 1. The molecular formula is C16H15N3O3. The highest BCUT2D eigenvalue weighted by molar-refractivity contribution is 5.26. The van der Waals surface area contributed by atoms with Crippen LogP contribution in [0.4, 0.5) is 0 Å². The molecule has 1 aliphatic rings. The van der Waals surface area contributed by atoms with E-state index in [0.29, 0.717) is 6.42 Å². The first-order valence-electron chi connectivity index (χ1n) is 6.87. The van der Waals surface area contributed by atoms with Crippen molar-refractivity contribution < 1.29 is 4.84 Å². The van der Waals surface area contributed by atoms with E-state index in [1.165, 1.54) is 10.8 Å². The number of nitrogens with zero attached hydrogens (tertiary/aromatic N) is 2. The largest absolute Gasteiger partial charge is 0.330 e. The zero-order valence-electron chi connectivity index (χ0n) is 12.0. The average Bonchev–Trinajstić information content (AvgIpc) is 2.90. The topological polar surface area (TPSA) is 67.3 Å². The van der Waals surface area contributed by atoms with Crippen molar-refractivity contribution in [3.8, 4) is 12.3 Å². The number of nitrogens with one attached hydrogen (secondary N) is 1. The van der Waals surface area contributed by atoms with E-state index >= 15 is 0 Å². The van der Waals surface area contributed by atoms with Crippen molar-refractivity contribution in [2.45, 2.75) is 18.7 Å². The Morgan fingerprint density at radius 3 is 2.73 bits per heavy atom. The summed E-state index contributed by atoms with van der Waals surface area (Å²) in [6, 6.07) is 9.91. The van der Waals surface area contributed by atoms with Crippen LogP contribution in [0.3, 0.4) is 0 Å². The third-order valence-electron chi connectivity index (χ3n) is 3.77. The van der Waals surface area contributed by atoms with Crippen molar-refractivity contribution in [2.75, 3.05) is 7.05 Å². The molecule has 3 rings (SSSR count). The van der Waals surface area contributed by atoms with Crippen molar-refractivity contribution in [3.05, 3.63) is 68.5 Å². The zero-order chi connectivity index (χ0) is 15.7. The molecule has 2 aromatic rings. The van der Waals surface area contributed by atoms with Crippen molar-refractivity contribution >= 4 is 0 Å². The summed E-state index contributed by atoms with van der Waals surface area (Å²) in [6.07, 6.45) is 6.72. The Hall–Kier alpha value is -2.62. The second kappa shape index (κ2) is 5.64. The molecular weight excluding hydrogens is 282 g/mol. The van der Waals surface area contributed by atoms with Gasteiger partial charge >= 0.3 is 5.69 Å². The van der Waals surface area contributed by atoms with Gasteiger partial charge in [0.05, 0.1) is 6.04 Å². The summed E-state index contributed by atoms with van der Waals surface area (Å²) >= 11 is 0. The monoisotopic (exact) mass is 297 g/mol. The molecule has 0 radical (unpaired) electrons. The minimum Gasteiger partial charge on any atom is -0.273 e. The van der Waals surface area contributed by atoms with Crippen molar-refractivity contribution in [1.82, 2.24) is 14.6 Å². The molecule has 2 atom stereocenters. The maximum absolute atomic E-state index is 12.0. The number of hydrogen-bond acceptors (Lipinski definition) is 4. The summed E-state index contributed by atoms with van der Waals surface area (Å²) in [7, 11) is 1.82. The van der Waals surface area contributed by atoms with Crippen LogP contribution in [0.25, 0.3) is 0 Å². The normalized spacial score (nSPS) is 21.6. The lowest BCUT2D eigenvalue weighted by atomic mass is 10.0. The lowest BCUT2D eigenvalue weighted by Crippen LogP contribution is -2.33. The van der Waals surface area contributed by atoms with Crippen LogP contribution < -0.4 is 11.2 Å². The van der Waals surface area contributed by atoms with Gasteiger partial charge in [-0.2, -0.15) is 5.06 Å². The van der Waals surface area contributed by atoms with Crippen LogP contribution in [0.5, 0.6) is 0 Å². The molecule has 0 bridgehead atoms. The number of rotatable bonds is 2. The molecule has 6 heteroatoms. The third kappa shape index (κ3) is 2.48. The molecule has 0 saturated carbocycles. The summed E-state index contributed by atoms with van der Waals surface area (Å²) in [6.45, 7) is 0. The SMILES string of the molecule is C#Cc1cn(C2CC(c3ccccc3)N(C)O2)c(=O)[nH]c1=O. The van der Waals surface area contributed by atoms with E-state index in [1.807, 2.05) is 37.4 Å². The molecule has 1 N–H and O–H groups in total. The molecule has 1 aliphatic heterocycles. The number of hydroxylamine groups is 2. The van der Waals surface area contributed by atoms with Crippen LogP contribution in [0.2, 0.25) is 0 Å². The number of terminal acetylenes is 1.